The van der Waals surface area contributed by atoms with E-state index < -0.39 is 5.92 Å². The summed E-state index contributed by atoms with van der Waals surface area (Å²) in [5.41, 5.74) is 1.22. The quantitative estimate of drug-likeness (QED) is 0.846. The zero-order valence-corrected chi connectivity index (χ0v) is 9.67. The minimum atomic E-state index is -0.574. The SMILES string of the molecule is CC(Cc1ccsc1)NC(=O)C(C)C#N. The molecule has 1 aromatic heterocycles. The Labute approximate surface area is 93.7 Å². The lowest BCUT2D eigenvalue weighted by Crippen LogP contribution is -2.37. The van der Waals surface area contributed by atoms with Crippen LogP contribution in [0.2, 0.25) is 0 Å². The summed E-state index contributed by atoms with van der Waals surface area (Å²) in [6.45, 7) is 3.55. The number of hydrogen-bond donors (Lipinski definition) is 1. The third-order valence-corrected chi connectivity index (χ3v) is 2.83. The highest BCUT2D eigenvalue weighted by molar-refractivity contribution is 7.07. The van der Waals surface area contributed by atoms with Crippen molar-refractivity contribution in [1.82, 2.24) is 5.32 Å². The Morgan fingerprint density at radius 1 is 1.67 bits per heavy atom. The first kappa shape index (κ1) is 11.7. The second-order valence-electron chi connectivity index (χ2n) is 3.60. The van der Waals surface area contributed by atoms with Crippen LogP contribution < -0.4 is 5.32 Å². The third kappa shape index (κ3) is 3.72. The van der Waals surface area contributed by atoms with E-state index in [1.807, 2.05) is 24.4 Å². The molecule has 0 radical (unpaired) electrons. The van der Waals surface area contributed by atoms with Crippen LogP contribution in [0.15, 0.2) is 16.8 Å². The van der Waals surface area contributed by atoms with Crippen molar-refractivity contribution in [3.8, 4) is 6.07 Å². The molecule has 0 aliphatic heterocycles. The molecule has 15 heavy (non-hydrogen) atoms. The molecule has 1 heterocycles. The number of nitrogens with one attached hydrogen (secondary N) is 1. The van der Waals surface area contributed by atoms with Crippen molar-refractivity contribution >= 4 is 17.2 Å². The molecule has 0 aliphatic carbocycles. The highest BCUT2D eigenvalue weighted by atomic mass is 32.1. The molecule has 0 aromatic carbocycles. The van der Waals surface area contributed by atoms with Gasteiger partial charge in [-0.05, 0) is 42.7 Å². The Balaban J connectivity index is 2.40. The lowest BCUT2D eigenvalue weighted by Gasteiger charge is -2.13. The normalized spacial score (nSPS) is 13.9. The van der Waals surface area contributed by atoms with Gasteiger partial charge in [0.2, 0.25) is 5.91 Å². The van der Waals surface area contributed by atoms with Gasteiger partial charge in [-0.1, -0.05) is 0 Å². The van der Waals surface area contributed by atoms with Crippen LogP contribution in [0.5, 0.6) is 0 Å². The summed E-state index contributed by atoms with van der Waals surface area (Å²) in [5, 5.41) is 15.5. The topological polar surface area (TPSA) is 52.9 Å². The molecule has 2 atom stereocenters. The molecule has 0 aliphatic rings. The van der Waals surface area contributed by atoms with Crippen LogP contribution in [-0.2, 0) is 11.2 Å². The third-order valence-electron chi connectivity index (χ3n) is 2.10. The van der Waals surface area contributed by atoms with Crippen LogP contribution in [0, 0.1) is 17.2 Å². The van der Waals surface area contributed by atoms with E-state index in [0.717, 1.165) is 6.42 Å². The Kier molecular flexibility index (Phi) is 4.32. The molecule has 2 unspecified atom stereocenters. The van der Waals surface area contributed by atoms with Crippen molar-refractivity contribution in [2.24, 2.45) is 5.92 Å². The maximum Gasteiger partial charge on any atom is 0.237 e. The van der Waals surface area contributed by atoms with Crippen LogP contribution >= 0.6 is 11.3 Å². The van der Waals surface area contributed by atoms with Gasteiger partial charge in [-0.25, -0.2) is 0 Å². The monoisotopic (exact) mass is 222 g/mol. The van der Waals surface area contributed by atoms with Crippen molar-refractivity contribution in [3.05, 3.63) is 22.4 Å². The lowest BCUT2D eigenvalue weighted by molar-refractivity contribution is -0.123. The van der Waals surface area contributed by atoms with E-state index in [0.29, 0.717) is 0 Å². The Bertz CT molecular complexity index is 353. The fraction of sp³-hybridized carbons (Fsp3) is 0.455. The lowest BCUT2D eigenvalue weighted by atomic mass is 10.1. The first-order valence-electron chi connectivity index (χ1n) is 4.84. The van der Waals surface area contributed by atoms with Crippen LogP contribution in [-0.4, -0.2) is 11.9 Å². The van der Waals surface area contributed by atoms with E-state index in [1.165, 1.54) is 5.56 Å². The maximum atomic E-state index is 11.4. The largest absolute Gasteiger partial charge is 0.352 e. The van der Waals surface area contributed by atoms with Crippen molar-refractivity contribution in [2.45, 2.75) is 26.3 Å². The molecule has 0 saturated carbocycles. The number of carbonyl (C=O) groups is 1. The smallest absolute Gasteiger partial charge is 0.237 e. The molecule has 0 spiro atoms. The standard InChI is InChI=1S/C11H14N2OS/c1-8(6-12)11(14)13-9(2)5-10-3-4-15-7-10/h3-4,7-9H,5H2,1-2H3,(H,13,14). The Morgan fingerprint density at radius 2 is 2.40 bits per heavy atom. The van der Waals surface area contributed by atoms with Crippen molar-refractivity contribution in [1.29, 1.82) is 5.26 Å². The molecule has 1 aromatic rings. The molecule has 80 valence electrons. The predicted octanol–water partition coefficient (Wildman–Crippen LogP) is 1.95. The zero-order chi connectivity index (χ0) is 11.3. The number of rotatable bonds is 4. The highest BCUT2D eigenvalue weighted by Gasteiger charge is 2.14. The van der Waals surface area contributed by atoms with E-state index in [1.54, 1.807) is 18.3 Å². The van der Waals surface area contributed by atoms with Gasteiger partial charge < -0.3 is 5.32 Å². The Morgan fingerprint density at radius 3 is 2.93 bits per heavy atom. The molecule has 0 bridgehead atoms. The summed E-state index contributed by atoms with van der Waals surface area (Å²) in [5.74, 6) is -0.768. The molecular formula is C11H14N2OS. The number of nitriles is 1. The van der Waals surface area contributed by atoms with Gasteiger partial charge in [0, 0.05) is 6.04 Å². The molecule has 1 N–H and O–H groups in total. The number of carbonyl (C=O) groups excluding carboxylic acids is 1. The number of hydrogen-bond acceptors (Lipinski definition) is 3. The van der Waals surface area contributed by atoms with E-state index in [9.17, 15) is 4.79 Å². The number of nitrogens with zero attached hydrogens (tertiary/aromatic N) is 1. The summed E-state index contributed by atoms with van der Waals surface area (Å²) >= 11 is 1.65. The van der Waals surface area contributed by atoms with Crippen LogP contribution in [0.25, 0.3) is 0 Å². The average molecular weight is 222 g/mol. The van der Waals surface area contributed by atoms with Crippen LogP contribution in [0.4, 0.5) is 0 Å². The first-order chi connectivity index (χ1) is 7.13. The number of thiophene rings is 1. The van der Waals surface area contributed by atoms with Crippen molar-refractivity contribution < 1.29 is 4.79 Å². The number of amides is 1. The van der Waals surface area contributed by atoms with Gasteiger partial charge >= 0.3 is 0 Å². The molecule has 1 amide bonds. The van der Waals surface area contributed by atoms with Gasteiger partial charge in [0.15, 0.2) is 0 Å². The van der Waals surface area contributed by atoms with Crippen molar-refractivity contribution in [2.75, 3.05) is 0 Å². The molecule has 1 rings (SSSR count). The predicted molar refractivity (Wildman–Crippen MR) is 60.4 cm³/mol. The maximum absolute atomic E-state index is 11.4. The van der Waals surface area contributed by atoms with Crippen LogP contribution in [0.1, 0.15) is 19.4 Å². The van der Waals surface area contributed by atoms with Gasteiger partial charge in [0.1, 0.15) is 5.92 Å². The second-order valence-corrected chi connectivity index (χ2v) is 4.38. The summed E-state index contributed by atoms with van der Waals surface area (Å²) in [6.07, 6.45) is 0.813. The molecular weight excluding hydrogens is 208 g/mol. The summed E-state index contributed by atoms with van der Waals surface area (Å²) in [7, 11) is 0. The summed E-state index contributed by atoms with van der Waals surface area (Å²) in [4.78, 5) is 11.4. The minimum Gasteiger partial charge on any atom is -0.352 e. The molecule has 0 fully saturated rings. The van der Waals surface area contributed by atoms with Crippen LogP contribution in [0.3, 0.4) is 0 Å². The van der Waals surface area contributed by atoms with Gasteiger partial charge in [-0.3, -0.25) is 4.79 Å². The van der Waals surface area contributed by atoms with Gasteiger partial charge in [0.25, 0.3) is 0 Å². The average Bonchev–Trinajstić information content (AvgIpc) is 2.68. The summed E-state index contributed by atoms with van der Waals surface area (Å²) in [6, 6.07) is 4.03. The first-order valence-corrected chi connectivity index (χ1v) is 5.79. The second kappa shape index (κ2) is 5.52. The minimum absolute atomic E-state index is 0.0721. The van der Waals surface area contributed by atoms with Gasteiger partial charge in [-0.15, -0.1) is 0 Å². The van der Waals surface area contributed by atoms with Gasteiger partial charge in [-0.2, -0.15) is 16.6 Å². The fourth-order valence-corrected chi connectivity index (χ4v) is 1.92. The summed E-state index contributed by atoms with van der Waals surface area (Å²) < 4.78 is 0. The molecule has 4 heteroatoms. The zero-order valence-electron chi connectivity index (χ0n) is 8.86. The van der Waals surface area contributed by atoms with E-state index >= 15 is 0 Å². The van der Waals surface area contributed by atoms with Gasteiger partial charge in [0.05, 0.1) is 6.07 Å². The van der Waals surface area contributed by atoms with Crippen molar-refractivity contribution in [3.63, 3.8) is 0 Å². The molecule has 3 nitrogen and oxygen atoms in total. The highest BCUT2D eigenvalue weighted by Crippen LogP contribution is 2.08. The van der Waals surface area contributed by atoms with E-state index in [4.69, 9.17) is 5.26 Å². The van der Waals surface area contributed by atoms with E-state index in [-0.39, 0.29) is 11.9 Å². The van der Waals surface area contributed by atoms with E-state index in [2.05, 4.69) is 10.7 Å². The fourth-order valence-electron chi connectivity index (χ4n) is 1.24. The molecule has 0 saturated heterocycles. The Hall–Kier alpha value is -1.34.